The molecule has 1 amide bonds. The maximum Gasteiger partial charge on any atom is 0.222 e. The molecular weight excluding hydrogens is 216 g/mol. The normalized spacial score (nSPS) is 19.3. The Hall–Kier alpha value is -0.610. The monoisotopic (exact) mass is 242 g/mol. The van der Waals surface area contributed by atoms with Crippen molar-refractivity contribution in [2.75, 3.05) is 13.2 Å². The van der Waals surface area contributed by atoms with Crippen molar-refractivity contribution < 1.29 is 9.53 Å². The number of hydrogen-bond acceptors (Lipinski definition) is 3. The van der Waals surface area contributed by atoms with Gasteiger partial charge in [0.2, 0.25) is 5.91 Å². The fourth-order valence-electron chi connectivity index (χ4n) is 2.23. The van der Waals surface area contributed by atoms with E-state index in [2.05, 4.69) is 5.32 Å². The van der Waals surface area contributed by atoms with Gasteiger partial charge in [0.1, 0.15) is 0 Å². The molecule has 4 heteroatoms. The van der Waals surface area contributed by atoms with Crippen LogP contribution < -0.4 is 11.1 Å². The largest absolute Gasteiger partial charge is 0.379 e. The van der Waals surface area contributed by atoms with Crippen LogP contribution in [0.25, 0.3) is 0 Å². The molecule has 17 heavy (non-hydrogen) atoms. The summed E-state index contributed by atoms with van der Waals surface area (Å²) in [6.45, 7) is 4.96. The Bertz CT molecular complexity index is 236. The summed E-state index contributed by atoms with van der Waals surface area (Å²) in [5.74, 6) is 0.0507. The molecule has 4 nitrogen and oxygen atoms in total. The van der Waals surface area contributed by atoms with Crippen LogP contribution in [0, 0.1) is 0 Å². The van der Waals surface area contributed by atoms with Crippen LogP contribution in [0.1, 0.15) is 52.4 Å². The van der Waals surface area contributed by atoms with Gasteiger partial charge in [0.15, 0.2) is 0 Å². The molecule has 0 atom stereocenters. The first-order chi connectivity index (χ1) is 8.02. The average Bonchev–Trinajstić information content (AvgIpc) is 2.24. The van der Waals surface area contributed by atoms with Crippen LogP contribution in [-0.4, -0.2) is 30.7 Å². The van der Waals surface area contributed by atoms with E-state index in [0.717, 1.165) is 12.8 Å². The highest BCUT2D eigenvalue weighted by molar-refractivity contribution is 5.76. The van der Waals surface area contributed by atoms with Crippen LogP contribution in [0.15, 0.2) is 0 Å². The fourth-order valence-corrected chi connectivity index (χ4v) is 2.23. The first-order valence-electron chi connectivity index (χ1n) is 6.68. The highest BCUT2D eigenvalue weighted by Crippen LogP contribution is 2.25. The second kappa shape index (κ2) is 6.97. The van der Waals surface area contributed by atoms with Crippen LogP contribution >= 0.6 is 0 Å². The van der Waals surface area contributed by atoms with Gasteiger partial charge >= 0.3 is 0 Å². The van der Waals surface area contributed by atoms with Crippen molar-refractivity contribution >= 4 is 5.91 Å². The zero-order chi connectivity index (χ0) is 12.7. The zero-order valence-electron chi connectivity index (χ0n) is 11.1. The van der Waals surface area contributed by atoms with Crippen LogP contribution in [0.5, 0.6) is 0 Å². The number of nitrogens with two attached hydrogens (primary N) is 1. The van der Waals surface area contributed by atoms with E-state index in [9.17, 15) is 4.79 Å². The van der Waals surface area contributed by atoms with Gasteiger partial charge in [-0.05, 0) is 26.7 Å². The summed E-state index contributed by atoms with van der Waals surface area (Å²) in [6, 6.07) is 0.196. The molecule has 1 aliphatic carbocycles. The molecule has 0 aromatic rings. The summed E-state index contributed by atoms with van der Waals surface area (Å²) < 4.78 is 5.54. The van der Waals surface area contributed by atoms with E-state index in [-0.39, 0.29) is 17.5 Å². The smallest absolute Gasteiger partial charge is 0.222 e. The molecule has 0 aliphatic heterocycles. The van der Waals surface area contributed by atoms with Crippen LogP contribution in [-0.2, 0) is 9.53 Å². The first-order valence-corrected chi connectivity index (χ1v) is 6.68. The van der Waals surface area contributed by atoms with Crippen molar-refractivity contribution in [3.63, 3.8) is 0 Å². The van der Waals surface area contributed by atoms with Gasteiger partial charge in [-0.1, -0.05) is 19.3 Å². The van der Waals surface area contributed by atoms with E-state index in [0.29, 0.717) is 19.6 Å². The lowest BCUT2D eigenvalue weighted by molar-refractivity contribution is -0.122. The molecule has 0 saturated heterocycles. The minimum Gasteiger partial charge on any atom is -0.379 e. The molecular formula is C13H26N2O2. The number of amides is 1. The molecule has 0 spiro atoms. The highest BCUT2D eigenvalue weighted by Gasteiger charge is 2.27. The molecule has 100 valence electrons. The fraction of sp³-hybridized carbons (Fsp3) is 0.923. The summed E-state index contributed by atoms with van der Waals surface area (Å²) in [7, 11) is 0. The Morgan fingerprint density at radius 3 is 2.59 bits per heavy atom. The van der Waals surface area contributed by atoms with E-state index in [1.807, 2.05) is 13.8 Å². The maximum atomic E-state index is 11.4. The molecule has 3 N–H and O–H groups in total. The summed E-state index contributed by atoms with van der Waals surface area (Å²) in [5, 5.41) is 2.84. The lowest BCUT2D eigenvalue weighted by Crippen LogP contribution is -2.46. The quantitative estimate of drug-likeness (QED) is 0.695. The molecule has 0 unspecified atom stereocenters. The lowest BCUT2D eigenvalue weighted by atomic mass is 9.83. The van der Waals surface area contributed by atoms with E-state index in [1.54, 1.807) is 0 Å². The molecule has 0 aromatic heterocycles. The lowest BCUT2D eigenvalue weighted by Gasteiger charge is -2.32. The Kier molecular flexibility index (Phi) is 5.92. The SMILES string of the molecule is CC(C)NC(=O)CCOCC1(N)CCCCC1. The van der Waals surface area contributed by atoms with Crippen LogP contribution in [0.3, 0.4) is 0 Å². The zero-order valence-corrected chi connectivity index (χ0v) is 11.1. The molecule has 1 aliphatic rings. The Morgan fingerprint density at radius 2 is 2.00 bits per heavy atom. The number of hydrogen-bond donors (Lipinski definition) is 2. The molecule has 0 aromatic carbocycles. The predicted molar refractivity (Wildman–Crippen MR) is 68.7 cm³/mol. The van der Waals surface area contributed by atoms with Crippen molar-refractivity contribution in [3.8, 4) is 0 Å². The van der Waals surface area contributed by atoms with E-state index < -0.39 is 0 Å². The number of carbonyl (C=O) groups excluding carboxylic acids is 1. The Balaban J connectivity index is 2.09. The van der Waals surface area contributed by atoms with Gasteiger partial charge < -0.3 is 15.8 Å². The average molecular weight is 242 g/mol. The van der Waals surface area contributed by atoms with Crippen molar-refractivity contribution in [3.05, 3.63) is 0 Å². The van der Waals surface area contributed by atoms with E-state index in [1.165, 1.54) is 19.3 Å². The number of nitrogens with one attached hydrogen (secondary N) is 1. The van der Waals surface area contributed by atoms with Crippen LogP contribution in [0.4, 0.5) is 0 Å². The summed E-state index contributed by atoms with van der Waals surface area (Å²) in [6.07, 6.45) is 6.21. The predicted octanol–water partition coefficient (Wildman–Crippen LogP) is 1.58. The van der Waals surface area contributed by atoms with E-state index >= 15 is 0 Å². The summed E-state index contributed by atoms with van der Waals surface area (Å²) in [5.41, 5.74) is 6.09. The minimum absolute atomic E-state index is 0.0507. The van der Waals surface area contributed by atoms with Gasteiger partial charge in [0.25, 0.3) is 0 Å². The van der Waals surface area contributed by atoms with Crippen LogP contribution in [0.2, 0.25) is 0 Å². The van der Waals surface area contributed by atoms with Crippen molar-refractivity contribution in [2.45, 2.75) is 64.0 Å². The van der Waals surface area contributed by atoms with Gasteiger partial charge in [0.05, 0.1) is 13.2 Å². The van der Waals surface area contributed by atoms with Gasteiger partial charge in [-0.2, -0.15) is 0 Å². The van der Waals surface area contributed by atoms with Gasteiger partial charge in [-0.3, -0.25) is 4.79 Å². The molecule has 0 heterocycles. The topological polar surface area (TPSA) is 64.3 Å². The maximum absolute atomic E-state index is 11.4. The molecule has 1 fully saturated rings. The second-order valence-corrected chi connectivity index (χ2v) is 5.45. The highest BCUT2D eigenvalue weighted by atomic mass is 16.5. The molecule has 0 bridgehead atoms. The third-order valence-electron chi connectivity index (χ3n) is 3.16. The number of rotatable bonds is 6. The van der Waals surface area contributed by atoms with Gasteiger partial charge in [-0.25, -0.2) is 0 Å². The Morgan fingerprint density at radius 1 is 1.35 bits per heavy atom. The van der Waals surface area contributed by atoms with Gasteiger partial charge in [-0.15, -0.1) is 0 Å². The standard InChI is InChI=1S/C13H26N2O2/c1-11(2)15-12(16)6-9-17-10-13(14)7-4-3-5-8-13/h11H,3-10,14H2,1-2H3,(H,15,16). The third kappa shape index (κ3) is 6.03. The van der Waals surface area contributed by atoms with Crippen molar-refractivity contribution in [1.82, 2.24) is 5.32 Å². The van der Waals surface area contributed by atoms with Crippen molar-refractivity contribution in [2.24, 2.45) is 5.73 Å². The summed E-state index contributed by atoms with van der Waals surface area (Å²) in [4.78, 5) is 11.4. The number of carbonyl (C=O) groups is 1. The van der Waals surface area contributed by atoms with Gasteiger partial charge in [0, 0.05) is 18.0 Å². The van der Waals surface area contributed by atoms with Crippen molar-refractivity contribution in [1.29, 1.82) is 0 Å². The minimum atomic E-state index is -0.146. The number of ether oxygens (including phenoxy) is 1. The third-order valence-corrected chi connectivity index (χ3v) is 3.16. The summed E-state index contributed by atoms with van der Waals surface area (Å²) >= 11 is 0. The first kappa shape index (κ1) is 14.5. The Labute approximate surface area is 104 Å². The van der Waals surface area contributed by atoms with E-state index in [4.69, 9.17) is 10.5 Å². The molecule has 1 saturated carbocycles. The second-order valence-electron chi connectivity index (χ2n) is 5.45. The molecule has 0 radical (unpaired) electrons. The molecule has 1 rings (SSSR count).